The summed E-state index contributed by atoms with van der Waals surface area (Å²) < 4.78 is 0. The minimum atomic E-state index is -0.481. The summed E-state index contributed by atoms with van der Waals surface area (Å²) in [7, 11) is 0. The number of carbonyl (C=O) groups excluding carboxylic acids is 2. The van der Waals surface area contributed by atoms with Crippen molar-refractivity contribution in [2.24, 2.45) is 0 Å². The lowest BCUT2D eigenvalue weighted by molar-refractivity contribution is -0.124. The predicted molar refractivity (Wildman–Crippen MR) is 61.7 cm³/mol. The molecule has 7 heteroatoms. The van der Waals surface area contributed by atoms with Gasteiger partial charge in [0.05, 0.1) is 6.20 Å². The number of amides is 2. The van der Waals surface area contributed by atoms with Crippen LogP contribution >= 0.6 is 0 Å². The molecule has 2 N–H and O–H groups in total. The molecule has 0 unspecified atom stereocenters. The molecule has 0 bridgehead atoms. The number of imide groups is 1. The molecule has 1 heterocycles. The van der Waals surface area contributed by atoms with E-state index in [1.807, 2.05) is 6.92 Å². The van der Waals surface area contributed by atoms with Gasteiger partial charge in [-0.05, 0) is 6.92 Å². The first-order valence-corrected chi connectivity index (χ1v) is 5.08. The Labute approximate surface area is 98.5 Å². The van der Waals surface area contributed by atoms with E-state index in [-0.39, 0.29) is 17.5 Å². The fraction of sp³-hybridized carbons (Fsp3) is 0.400. The number of aromatic nitrogens is 2. The Kier molecular flexibility index (Phi) is 3.97. The van der Waals surface area contributed by atoms with Crippen LogP contribution in [0.4, 0.5) is 11.8 Å². The van der Waals surface area contributed by atoms with E-state index in [9.17, 15) is 14.7 Å². The number of hydrogen-bond acceptors (Lipinski definition) is 6. The van der Waals surface area contributed by atoms with Crippen molar-refractivity contribution >= 4 is 23.6 Å². The summed E-state index contributed by atoms with van der Waals surface area (Å²) in [5.41, 5.74) is 0. The van der Waals surface area contributed by atoms with Gasteiger partial charge in [-0.15, -0.1) is 0 Å². The molecule has 1 rings (SSSR count). The fourth-order valence-corrected chi connectivity index (χ4v) is 1.27. The molecule has 0 saturated heterocycles. The van der Waals surface area contributed by atoms with Crippen molar-refractivity contribution in [3.05, 3.63) is 6.20 Å². The van der Waals surface area contributed by atoms with Crippen LogP contribution in [-0.4, -0.2) is 33.4 Å². The summed E-state index contributed by atoms with van der Waals surface area (Å²) in [6, 6.07) is 0. The van der Waals surface area contributed by atoms with E-state index in [4.69, 9.17) is 0 Å². The second kappa shape index (κ2) is 5.24. The minimum Gasteiger partial charge on any atom is -0.503 e. The largest absolute Gasteiger partial charge is 0.503 e. The van der Waals surface area contributed by atoms with Crippen LogP contribution in [0.15, 0.2) is 6.20 Å². The van der Waals surface area contributed by atoms with Gasteiger partial charge >= 0.3 is 0 Å². The lowest BCUT2D eigenvalue weighted by Crippen LogP contribution is -2.34. The Bertz CT molecular complexity index is 433. The first-order valence-electron chi connectivity index (χ1n) is 5.08. The SMILES string of the molecule is CCNc1nc(N(C(C)=O)C(C)=O)ncc1O. The van der Waals surface area contributed by atoms with Crippen LogP contribution in [0.5, 0.6) is 5.75 Å². The molecule has 17 heavy (non-hydrogen) atoms. The molecular weight excluding hydrogens is 224 g/mol. The van der Waals surface area contributed by atoms with Crippen molar-refractivity contribution < 1.29 is 14.7 Å². The van der Waals surface area contributed by atoms with Gasteiger partial charge in [-0.25, -0.2) is 9.88 Å². The first kappa shape index (κ1) is 12.9. The Morgan fingerprint density at radius 2 is 2.00 bits per heavy atom. The van der Waals surface area contributed by atoms with Crippen molar-refractivity contribution in [2.45, 2.75) is 20.8 Å². The molecule has 92 valence electrons. The number of hydrogen-bond donors (Lipinski definition) is 2. The Balaban J connectivity index is 3.17. The van der Waals surface area contributed by atoms with Gasteiger partial charge in [-0.3, -0.25) is 9.59 Å². The number of aromatic hydroxyl groups is 1. The van der Waals surface area contributed by atoms with Gasteiger partial charge < -0.3 is 10.4 Å². The molecular formula is C10H14N4O3. The zero-order valence-corrected chi connectivity index (χ0v) is 9.89. The maximum atomic E-state index is 11.3. The molecule has 0 aliphatic rings. The third-order valence-electron chi connectivity index (χ3n) is 1.93. The minimum absolute atomic E-state index is 0.0567. The number of nitrogens with zero attached hydrogens (tertiary/aromatic N) is 3. The highest BCUT2D eigenvalue weighted by Gasteiger charge is 2.20. The number of rotatable bonds is 3. The summed E-state index contributed by atoms with van der Waals surface area (Å²) >= 11 is 0. The van der Waals surface area contributed by atoms with Gasteiger partial charge in [0.15, 0.2) is 11.6 Å². The van der Waals surface area contributed by atoms with Crippen molar-refractivity contribution in [2.75, 3.05) is 16.8 Å². The quantitative estimate of drug-likeness (QED) is 0.796. The summed E-state index contributed by atoms with van der Waals surface area (Å²) in [5, 5.41) is 12.2. The molecule has 0 aliphatic carbocycles. The highest BCUT2D eigenvalue weighted by molar-refractivity contribution is 6.11. The average Bonchev–Trinajstić information content (AvgIpc) is 2.22. The molecule has 1 aromatic heterocycles. The van der Waals surface area contributed by atoms with Crippen LogP contribution in [0.3, 0.4) is 0 Å². The van der Waals surface area contributed by atoms with Crippen molar-refractivity contribution in [1.82, 2.24) is 9.97 Å². The standard InChI is InChI=1S/C10H14N4O3/c1-4-11-9-8(17)5-12-10(13-9)14(6(2)15)7(3)16/h5,17H,4H2,1-3H3,(H,11,12,13). The topological polar surface area (TPSA) is 95.4 Å². The van der Waals surface area contributed by atoms with Crippen molar-refractivity contribution in [3.63, 3.8) is 0 Å². The lowest BCUT2D eigenvalue weighted by Gasteiger charge is -2.15. The Morgan fingerprint density at radius 1 is 1.41 bits per heavy atom. The van der Waals surface area contributed by atoms with E-state index in [1.54, 1.807) is 0 Å². The molecule has 0 radical (unpaired) electrons. The maximum Gasteiger partial charge on any atom is 0.241 e. The molecule has 0 atom stereocenters. The molecule has 2 amide bonds. The van der Waals surface area contributed by atoms with Gasteiger partial charge in [0.2, 0.25) is 17.8 Å². The molecule has 0 saturated carbocycles. The van der Waals surface area contributed by atoms with Crippen LogP contribution in [0.2, 0.25) is 0 Å². The van der Waals surface area contributed by atoms with Crippen LogP contribution in [0.1, 0.15) is 20.8 Å². The predicted octanol–water partition coefficient (Wildman–Crippen LogP) is 0.513. The van der Waals surface area contributed by atoms with Gasteiger partial charge in [0, 0.05) is 20.4 Å². The highest BCUT2D eigenvalue weighted by Crippen LogP contribution is 2.21. The summed E-state index contributed by atoms with van der Waals surface area (Å²) in [6.07, 6.45) is 1.14. The Hall–Kier alpha value is -2.18. The van der Waals surface area contributed by atoms with Gasteiger partial charge in [-0.2, -0.15) is 4.98 Å². The fourth-order valence-electron chi connectivity index (χ4n) is 1.27. The summed E-state index contributed by atoms with van der Waals surface area (Å²) in [4.78, 5) is 31.1. The zero-order valence-electron chi connectivity index (χ0n) is 9.89. The van der Waals surface area contributed by atoms with Crippen molar-refractivity contribution in [3.8, 4) is 5.75 Å². The van der Waals surface area contributed by atoms with Crippen LogP contribution < -0.4 is 10.2 Å². The monoisotopic (exact) mass is 238 g/mol. The van der Waals surface area contributed by atoms with E-state index >= 15 is 0 Å². The molecule has 7 nitrogen and oxygen atoms in total. The van der Waals surface area contributed by atoms with Crippen LogP contribution in [0.25, 0.3) is 0 Å². The summed E-state index contributed by atoms with van der Waals surface area (Å²) in [5.74, 6) is -0.970. The zero-order chi connectivity index (χ0) is 13.0. The average molecular weight is 238 g/mol. The lowest BCUT2D eigenvalue weighted by atomic mass is 10.4. The van der Waals surface area contributed by atoms with Crippen LogP contribution in [-0.2, 0) is 9.59 Å². The molecule has 0 aromatic carbocycles. The van der Waals surface area contributed by atoms with E-state index in [1.165, 1.54) is 13.8 Å². The molecule has 0 spiro atoms. The third-order valence-corrected chi connectivity index (χ3v) is 1.93. The molecule has 0 fully saturated rings. The van der Waals surface area contributed by atoms with E-state index in [0.29, 0.717) is 6.54 Å². The number of carbonyl (C=O) groups is 2. The van der Waals surface area contributed by atoms with E-state index in [2.05, 4.69) is 15.3 Å². The summed E-state index contributed by atoms with van der Waals surface area (Å²) in [6.45, 7) is 4.86. The van der Waals surface area contributed by atoms with Crippen LogP contribution in [0, 0.1) is 0 Å². The van der Waals surface area contributed by atoms with Crippen molar-refractivity contribution in [1.29, 1.82) is 0 Å². The maximum absolute atomic E-state index is 11.3. The number of nitrogens with one attached hydrogen (secondary N) is 1. The van der Waals surface area contributed by atoms with Gasteiger partial charge in [0.25, 0.3) is 0 Å². The second-order valence-electron chi connectivity index (χ2n) is 3.31. The van der Waals surface area contributed by atoms with E-state index < -0.39 is 11.8 Å². The normalized spacial score (nSPS) is 9.82. The number of anilines is 2. The molecule has 1 aromatic rings. The molecule has 0 aliphatic heterocycles. The smallest absolute Gasteiger partial charge is 0.241 e. The first-order chi connectivity index (χ1) is 7.97. The van der Waals surface area contributed by atoms with Gasteiger partial charge in [0.1, 0.15) is 0 Å². The highest BCUT2D eigenvalue weighted by atomic mass is 16.3. The Morgan fingerprint density at radius 3 is 2.47 bits per heavy atom. The van der Waals surface area contributed by atoms with Gasteiger partial charge in [-0.1, -0.05) is 0 Å². The third kappa shape index (κ3) is 2.90. The van der Waals surface area contributed by atoms with E-state index in [0.717, 1.165) is 11.1 Å². The second-order valence-corrected chi connectivity index (χ2v) is 3.31.